The zero-order valence-electron chi connectivity index (χ0n) is 11.7. The van der Waals surface area contributed by atoms with Gasteiger partial charge in [-0.3, -0.25) is 9.48 Å². The number of hydrogen-bond acceptors (Lipinski definition) is 3. The molecule has 5 heteroatoms. The molecule has 0 aliphatic carbocycles. The Morgan fingerprint density at radius 3 is 3.15 bits per heavy atom. The van der Waals surface area contributed by atoms with Crippen LogP contribution in [-0.4, -0.2) is 28.3 Å². The first-order chi connectivity index (χ1) is 9.78. The average molecular weight is 272 g/mol. The van der Waals surface area contributed by atoms with E-state index < -0.39 is 0 Å². The number of aryl methyl sites for hydroxylation is 1. The molecule has 1 unspecified atom stereocenters. The van der Waals surface area contributed by atoms with Crippen LogP contribution >= 0.6 is 0 Å². The van der Waals surface area contributed by atoms with Gasteiger partial charge in [0.2, 0.25) is 5.91 Å². The Bertz CT molecular complexity index is 613. The number of rotatable bonds is 3. The van der Waals surface area contributed by atoms with Gasteiger partial charge >= 0.3 is 0 Å². The first-order valence-corrected chi connectivity index (χ1v) is 7.28. The lowest BCUT2D eigenvalue weighted by Crippen LogP contribution is -2.43. The molecule has 2 aromatic rings. The first-order valence-electron chi connectivity index (χ1n) is 7.28. The molecule has 1 saturated heterocycles. The fourth-order valence-electron chi connectivity index (χ4n) is 2.71. The van der Waals surface area contributed by atoms with E-state index in [1.54, 1.807) is 0 Å². The molecule has 1 aliphatic rings. The van der Waals surface area contributed by atoms with Crippen molar-refractivity contribution in [3.05, 3.63) is 24.4 Å². The van der Waals surface area contributed by atoms with Crippen LogP contribution in [0.15, 0.2) is 24.4 Å². The van der Waals surface area contributed by atoms with Crippen LogP contribution in [0.4, 0.5) is 5.69 Å². The number of aromatic nitrogens is 2. The number of nitrogens with zero attached hydrogens (tertiary/aromatic N) is 2. The van der Waals surface area contributed by atoms with Gasteiger partial charge in [0.25, 0.3) is 0 Å². The number of piperidine rings is 1. The van der Waals surface area contributed by atoms with E-state index in [0.717, 1.165) is 48.9 Å². The van der Waals surface area contributed by atoms with Crippen molar-refractivity contribution in [2.45, 2.75) is 38.8 Å². The summed E-state index contributed by atoms with van der Waals surface area (Å²) in [6, 6.07) is 5.87. The maximum atomic E-state index is 12.2. The molecule has 1 amide bonds. The van der Waals surface area contributed by atoms with Gasteiger partial charge in [0.1, 0.15) is 0 Å². The molecule has 106 valence electrons. The minimum Gasteiger partial charge on any atom is -0.325 e. The normalized spacial score (nSPS) is 19.1. The quantitative estimate of drug-likeness (QED) is 0.900. The Kier molecular flexibility index (Phi) is 3.69. The van der Waals surface area contributed by atoms with Crippen LogP contribution in [0.2, 0.25) is 0 Å². The molecule has 1 atom stereocenters. The summed E-state index contributed by atoms with van der Waals surface area (Å²) in [7, 11) is 0. The largest absolute Gasteiger partial charge is 0.325 e. The molecule has 2 heterocycles. The van der Waals surface area contributed by atoms with E-state index in [9.17, 15) is 4.79 Å². The minimum atomic E-state index is -0.0597. The van der Waals surface area contributed by atoms with E-state index in [1.807, 2.05) is 29.1 Å². The fourth-order valence-corrected chi connectivity index (χ4v) is 2.71. The van der Waals surface area contributed by atoms with E-state index in [1.165, 1.54) is 0 Å². The summed E-state index contributed by atoms with van der Waals surface area (Å²) in [5.41, 5.74) is 1.90. The van der Waals surface area contributed by atoms with Crippen LogP contribution in [0.25, 0.3) is 10.9 Å². The number of fused-ring (bicyclic) bond motifs is 1. The van der Waals surface area contributed by atoms with Crippen LogP contribution in [0.3, 0.4) is 0 Å². The lowest BCUT2D eigenvalue weighted by atomic mass is 10.0. The molecule has 5 nitrogen and oxygen atoms in total. The third kappa shape index (κ3) is 2.54. The van der Waals surface area contributed by atoms with Crippen molar-refractivity contribution in [2.24, 2.45) is 0 Å². The fraction of sp³-hybridized carbons (Fsp3) is 0.467. The van der Waals surface area contributed by atoms with Gasteiger partial charge in [0.05, 0.1) is 17.8 Å². The van der Waals surface area contributed by atoms with Gasteiger partial charge in [-0.1, -0.05) is 6.42 Å². The number of benzene rings is 1. The number of carbonyl (C=O) groups is 1. The number of amides is 1. The molecule has 1 aliphatic heterocycles. The summed E-state index contributed by atoms with van der Waals surface area (Å²) in [4.78, 5) is 12.2. The van der Waals surface area contributed by atoms with E-state index >= 15 is 0 Å². The van der Waals surface area contributed by atoms with Gasteiger partial charge in [-0.05, 0) is 44.5 Å². The number of carbonyl (C=O) groups excluding carboxylic acids is 1. The second-order valence-electron chi connectivity index (χ2n) is 5.23. The summed E-state index contributed by atoms with van der Waals surface area (Å²) >= 11 is 0. The highest BCUT2D eigenvalue weighted by Crippen LogP contribution is 2.19. The number of nitrogens with one attached hydrogen (secondary N) is 2. The second-order valence-corrected chi connectivity index (χ2v) is 5.23. The van der Waals surface area contributed by atoms with Crippen molar-refractivity contribution in [2.75, 3.05) is 11.9 Å². The molecule has 0 radical (unpaired) electrons. The highest BCUT2D eigenvalue weighted by atomic mass is 16.2. The Morgan fingerprint density at radius 2 is 2.40 bits per heavy atom. The zero-order valence-corrected chi connectivity index (χ0v) is 11.7. The summed E-state index contributed by atoms with van der Waals surface area (Å²) in [6.07, 6.45) is 5.05. The van der Waals surface area contributed by atoms with E-state index in [-0.39, 0.29) is 11.9 Å². The second kappa shape index (κ2) is 5.63. The molecule has 0 spiro atoms. The molecule has 0 bridgehead atoms. The van der Waals surface area contributed by atoms with Crippen molar-refractivity contribution < 1.29 is 4.79 Å². The van der Waals surface area contributed by atoms with E-state index in [4.69, 9.17) is 0 Å². The minimum absolute atomic E-state index is 0.0597. The molecule has 0 saturated carbocycles. The van der Waals surface area contributed by atoms with Gasteiger partial charge < -0.3 is 10.6 Å². The Hall–Kier alpha value is -1.88. The lowest BCUT2D eigenvalue weighted by Gasteiger charge is -2.22. The standard InChI is InChI=1S/C15H20N4O/c1-2-19-14-9-12(7-6-11(14)10-17-19)18-15(20)13-5-3-4-8-16-13/h6-7,9-10,13,16H,2-5,8H2,1H3,(H,18,20). The van der Waals surface area contributed by atoms with Crippen LogP contribution < -0.4 is 10.6 Å². The monoisotopic (exact) mass is 272 g/mol. The predicted octanol–water partition coefficient (Wildman–Crippen LogP) is 2.14. The third-order valence-electron chi connectivity index (χ3n) is 3.84. The topological polar surface area (TPSA) is 59.0 Å². The molecule has 2 N–H and O–H groups in total. The van der Waals surface area contributed by atoms with Gasteiger partial charge in [-0.25, -0.2) is 0 Å². The number of anilines is 1. The first kappa shape index (κ1) is 13.1. The van der Waals surface area contributed by atoms with Crippen molar-refractivity contribution in [3.8, 4) is 0 Å². The maximum absolute atomic E-state index is 12.2. The molecular weight excluding hydrogens is 252 g/mol. The van der Waals surface area contributed by atoms with E-state index in [0.29, 0.717) is 0 Å². The van der Waals surface area contributed by atoms with Crippen molar-refractivity contribution in [1.29, 1.82) is 0 Å². The smallest absolute Gasteiger partial charge is 0.241 e. The van der Waals surface area contributed by atoms with Gasteiger partial charge in [0.15, 0.2) is 0 Å². The summed E-state index contributed by atoms with van der Waals surface area (Å²) in [5, 5.41) is 11.7. The molecule has 1 fully saturated rings. The van der Waals surface area contributed by atoms with Crippen molar-refractivity contribution in [1.82, 2.24) is 15.1 Å². The zero-order chi connectivity index (χ0) is 13.9. The van der Waals surface area contributed by atoms with Gasteiger partial charge in [-0.15, -0.1) is 0 Å². The van der Waals surface area contributed by atoms with Crippen LogP contribution in [-0.2, 0) is 11.3 Å². The van der Waals surface area contributed by atoms with Crippen molar-refractivity contribution >= 4 is 22.5 Å². The highest BCUT2D eigenvalue weighted by molar-refractivity contribution is 5.96. The molecule has 1 aromatic carbocycles. The van der Waals surface area contributed by atoms with Crippen LogP contribution in [0.5, 0.6) is 0 Å². The molecule has 1 aromatic heterocycles. The van der Waals surface area contributed by atoms with Gasteiger partial charge in [-0.2, -0.15) is 5.10 Å². The summed E-state index contributed by atoms with van der Waals surface area (Å²) in [6.45, 7) is 3.81. The highest BCUT2D eigenvalue weighted by Gasteiger charge is 2.20. The average Bonchev–Trinajstić information content (AvgIpc) is 2.90. The predicted molar refractivity (Wildman–Crippen MR) is 79.7 cm³/mol. The Morgan fingerprint density at radius 1 is 1.50 bits per heavy atom. The molecule has 20 heavy (non-hydrogen) atoms. The van der Waals surface area contributed by atoms with E-state index in [2.05, 4.69) is 22.7 Å². The SMILES string of the molecule is CCn1ncc2ccc(NC(=O)C3CCCCN3)cc21. The summed E-state index contributed by atoms with van der Waals surface area (Å²) in [5.74, 6) is 0.0617. The Labute approximate surface area is 118 Å². The molecular formula is C15H20N4O. The maximum Gasteiger partial charge on any atom is 0.241 e. The Balaban J connectivity index is 1.78. The number of hydrogen-bond donors (Lipinski definition) is 2. The van der Waals surface area contributed by atoms with Crippen LogP contribution in [0.1, 0.15) is 26.2 Å². The lowest BCUT2D eigenvalue weighted by molar-refractivity contribution is -0.118. The third-order valence-corrected chi connectivity index (χ3v) is 3.84. The molecule has 3 rings (SSSR count). The summed E-state index contributed by atoms with van der Waals surface area (Å²) < 4.78 is 1.93. The van der Waals surface area contributed by atoms with Gasteiger partial charge in [0, 0.05) is 17.6 Å². The van der Waals surface area contributed by atoms with Crippen molar-refractivity contribution in [3.63, 3.8) is 0 Å². The van der Waals surface area contributed by atoms with Crippen LogP contribution in [0, 0.1) is 0 Å².